The lowest BCUT2D eigenvalue weighted by Gasteiger charge is -2.23. The van der Waals surface area contributed by atoms with E-state index < -0.39 is 0 Å². The van der Waals surface area contributed by atoms with E-state index in [4.69, 9.17) is 9.47 Å². The molecule has 2 N–H and O–H groups in total. The van der Waals surface area contributed by atoms with Crippen LogP contribution in [0, 0.1) is 0 Å². The Morgan fingerprint density at radius 3 is 0.881 bits per heavy atom. The second kappa shape index (κ2) is 26.6. The van der Waals surface area contributed by atoms with Gasteiger partial charge in [-0.25, -0.2) is 0 Å². The van der Waals surface area contributed by atoms with Crippen LogP contribution in [0.5, 0.6) is 0 Å². The first-order valence-corrected chi connectivity index (χ1v) is 17.8. The van der Waals surface area contributed by atoms with Gasteiger partial charge in [-0.1, -0.05) is 155 Å². The molecule has 0 aromatic carbocycles. The molecule has 0 bridgehead atoms. The lowest BCUT2D eigenvalue weighted by molar-refractivity contribution is -0.121. The Morgan fingerprint density at radius 1 is 0.405 bits per heavy atom. The summed E-state index contributed by atoms with van der Waals surface area (Å²) >= 11 is 0. The van der Waals surface area contributed by atoms with Crippen LogP contribution in [0.1, 0.15) is 168 Å². The maximum absolute atomic E-state index is 13.2. The quantitative estimate of drug-likeness (QED) is 0.0641. The molecule has 0 heterocycles. The SMILES string of the molecule is CCCCCCCCCCCCCCNC1=C(OC)C(=O)C(NCCCCCCCCCCCCCC)=C(OC)C1=O. The van der Waals surface area contributed by atoms with Crippen molar-refractivity contribution in [3.8, 4) is 0 Å². The fourth-order valence-electron chi connectivity index (χ4n) is 5.73. The number of rotatable bonds is 30. The highest BCUT2D eigenvalue weighted by molar-refractivity contribution is 6.23. The van der Waals surface area contributed by atoms with Crippen LogP contribution >= 0.6 is 0 Å². The first-order valence-electron chi connectivity index (χ1n) is 17.8. The molecule has 0 fully saturated rings. The van der Waals surface area contributed by atoms with Crippen molar-refractivity contribution in [3.63, 3.8) is 0 Å². The Labute approximate surface area is 259 Å². The zero-order valence-electron chi connectivity index (χ0n) is 28.0. The maximum Gasteiger partial charge on any atom is 0.249 e. The number of carbonyl (C=O) groups is 2. The number of ketones is 2. The minimum Gasteiger partial charge on any atom is -0.491 e. The van der Waals surface area contributed by atoms with Crippen molar-refractivity contribution in [1.29, 1.82) is 0 Å². The topological polar surface area (TPSA) is 76.7 Å². The van der Waals surface area contributed by atoms with E-state index in [1.165, 1.54) is 143 Å². The molecule has 0 saturated carbocycles. The van der Waals surface area contributed by atoms with E-state index in [9.17, 15) is 9.59 Å². The van der Waals surface area contributed by atoms with E-state index in [1.54, 1.807) is 0 Å². The molecular weight excluding hydrogens is 524 g/mol. The van der Waals surface area contributed by atoms with E-state index in [1.807, 2.05) is 0 Å². The average molecular weight is 591 g/mol. The van der Waals surface area contributed by atoms with Gasteiger partial charge in [-0.15, -0.1) is 0 Å². The molecule has 6 heteroatoms. The van der Waals surface area contributed by atoms with Gasteiger partial charge in [-0.3, -0.25) is 9.59 Å². The first-order chi connectivity index (χ1) is 20.6. The number of hydrogen-bond acceptors (Lipinski definition) is 6. The summed E-state index contributed by atoms with van der Waals surface area (Å²) in [5, 5.41) is 6.37. The largest absolute Gasteiger partial charge is 0.491 e. The fraction of sp³-hybridized carbons (Fsp3) is 0.833. The lowest BCUT2D eigenvalue weighted by Crippen LogP contribution is -2.37. The zero-order valence-corrected chi connectivity index (χ0v) is 28.0. The number of unbranched alkanes of at least 4 members (excludes halogenated alkanes) is 22. The van der Waals surface area contributed by atoms with Gasteiger partial charge in [-0.2, -0.15) is 0 Å². The molecule has 0 amide bonds. The Morgan fingerprint density at radius 2 is 0.643 bits per heavy atom. The molecule has 0 saturated heterocycles. The summed E-state index contributed by atoms with van der Waals surface area (Å²) in [5.41, 5.74) is 0.441. The summed E-state index contributed by atoms with van der Waals surface area (Å²) in [4.78, 5) is 26.4. The summed E-state index contributed by atoms with van der Waals surface area (Å²) in [5.74, 6) is -0.468. The fourth-order valence-corrected chi connectivity index (χ4v) is 5.73. The molecule has 0 radical (unpaired) electrons. The minimum atomic E-state index is -0.315. The molecule has 0 atom stereocenters. The van der Waals surface area contributed by atoms with Crippen LogP contribution in [0.15, 0.2) is 22.9 Å². The highest BCUT2D eigenvalue weighted by Crippen LogP contribution is 2.24. The molecule has 0 aromatic heterocycles. The average Bonchev–Trinajstić information content (AvgIpc) is 2.99. The monoisotopic (exact) mass is 591 g/mol. The Balaban J connectivity index is 2.27. The molecule has 0 spiro atoms. The van der Waals surface area contributed by atoms with Crippen LogP contribution in [0.25, 0.3) is 0 Å². The van der Waals surface area contributed by atoms with Gasteiger partial charge in [-0.05, 0) is 12.8 Å². The highest BCUT2D eigenvalue weighted by Gasteiger charge is 2.36. The van der Waals surface area contributed by atoms with Crippen molar-refractivity contribution >= 4 is 11.6 Å². The van der Waals surface area contributed by atoms with Crippen LogP contribution in [0.2, 0.25) is 0 Å². The second-order valence-electron chi connectivity index (χ2n) is 12.1. The molecule has 0 aromatic rings. The van der Waals surface area contributed by atoms with Crippen LogP contribution < -0.4 is 10.6 Å². The lowest BCUT2D eigenvalue weighted by atomic mass is 10.0. The van der Waals surface area contributed by atoms with Crippen LogP contribution in [0.3, 0.4) is 0 Å². The van der Waals surface area contributed by atoms with Gasteiger partial charge in [0, 0.05) is 13.1 Å². The van der Waals surface area contributed by atoms with Crippen molar-refractivity contribution in [2.75, 3.05) is 27.3 Å². The molecule has 0 aliphatic heterocycles. The number of ether oxygens (including phenoxy) is 2. The Bertz CT molecular complexity index is 710. The third-order valence-electron chi connectivity index (χ3n) is 8.39. The van der Waals surface area contributed by atoms with Crippen molar-refractivity contribution in [3.05, 3.63) is 22.9 Å². The molecule has 0 unspecified atom stereocenters. The second-order valence-corrected chi connectivity index (χ2v) is 12.1. The van der Waals surface area contributed by atoms with Gasteiger partial charge in [0.25, 0.3) is 0 Å². The normalized spacial score (nSPS) is 13.7. The molecule has 6 nitrogen and oxygen atoms in total. The molecular formula is C36H66N2O4. The standard InChI is InChI=1S/C36H66N2O4/c1-5-7-9-11-13-15-17-19-21-23-25-27-29-37-31-33(39)36(42-4)32(34(40)35(31)41-3)38-30-28-26-24-22-20-18-16-14-12-10-8-6-2/h37-38H,5-30H2,1-4H3. The summed E-state index contributed by atoms with van der Waals surface area (Å²) in [6.45, 7) is 5.80. The van der Waals surface area contributed by atoms with Crippen molar-refractivity contribution < 1.29 is 19.1 Å². The van der Waals surface area contributed by atoms with E-state index in [0.717, 1.165) is 25.7 Å². The predicted molar refractivity (Wildman–Crippen MR) is 176 cm³/mol. The smallest absolute Gasteiger partial charge is 0.249 e. The summed E-state index contributed by atoms with van der Waals surface area (Å²) < 4.78 is 10.8. The Hall–Kier alpha value is -1.98. The number of methoxy groups -OCH3 is 2. The molecule has 1 rings (SSSR count). The van der Waals surface area contributed by atoms with Gasteiger partial charge in [0.05, 0.1) is 14.2 Å². The van der Waals surface area contributed by atoms with Crippen molar-refractivity contribution in [1.82, 2.24) is 10.6 Å². The van der Waals surface area contributed by atoms with E-state index >= 15 is 0 Å². The predicted octanol–water partition coefficient (Wildman–Crippen LogP) is 9.44. The van der Waals surface area contributed by atoms with Gasteiger partial charge in [0.15, 0.2) is 11.5 Å². The molecule has 1 aliphatic carbocycles. The van der Waals surface area contributed by atoms with Crippen LogP contribution in [0.4, 0.5) is 0 Å². The van der Waals surface area contributed by atoms with Gasteiger partial charge in [0.1, 0.15) is 11.4 Å². The maximum atomic E-state index is 13.2. The summed E-state index contributed by atoms with van der Waals surface area (Å²) in [6, 6.07) is 0. The Kier molecular flexibility index (Phi) is 24.1. The number of carbonyl (C=O) groups excluding carboxylic acids is 2. The third kappa shape index (κ3) is 16.6. The first kappa shape index (κ1) is 38.0. The van der Waals surface area contributed by atoms with E-state index in [2.05, 4.69) is 24.5 Å². The number of nitrogens with one attached hydrogen (secondary N) is 2. The minimum absolute atomic E-state index is 0.0805. The van der Waals surface area contributed by atoms with E-state index in [0.29, 0.717) is 13.1 Å². The molecule has 42 heavy (non-hydrogen) atoms. The van der Waals surface area contributed by atoms with Gasteiger partial charge >= 0.3 is 0 Å². The van der Waals surface area contributed by atoms with E-state index in [-0.39, 0.29) is 34.5 Å². The molecule has 244 valence electrons. The third-order valence-corrected chi connectivity index (χ3v) is 8.39. The van der Waals surface area contributed by atoms with Crippen molar-refractivity contribution in [2.45, 2.75) is 168 Å². The summed E-state index contributed by atoms with van der Waals surface area (Å²) in [7, 11) is 2.90. The van der Waals surface area contributed by atoms with Crippen molar-refractivity contribution in [2.24, 2.45) is 0 Å². The highest BCUT2D eigenvalue weighted by atomic mass is 16.5. The van der Waals surface area contributed by atoms with Gasteiger partial charge < -0.3 is 20.1 Å². The number of hydrogen-bond donors (Lipinski definition) is 2. The summed E-state index contributed by atoms with van der Waals surface area (Å²) in [6.07, 6.45) is 30.8. The van der Waals surface area contributed by atoms with Gasteiger partial charge in [0.2, 0.25) is 11.6 Å². The van der Waals surface area contributed by atoms with Crippen LogP contribution in [-0.2, 0) is 19.1 Å². The number of Topliss-reactive ketones (excluding diaryl/α,β-unsaturated/α-hetero) is 2. The zero-order chi connectivity index (χ0) is 30.7. The van der Waals surface area contributed by atoms with Crippen LogP contribution in [-0.4, -0.2) is 38.9 Å². The molecule has 1 aliphatic rings.